The quantitative estimate of drug-likeness (QED) is 0.178. The number of aryl methyl sites for hydroxylation is 4. The summed E-state index contributed by atoms with van der Waals surface area (Å²) in [6.45, 7) is 8.15. The predicted octanol–water partition coefficient (Wildman–Crippen LogP) is 7.60. The molecule has 0 saturated carbocycles. The number of hydrogen-bond donors (Lipinski definition) is 1. The molecule has 0 bridgehead atoms. The van der Waals surface area contributed by atoms with Crippen molar-refractivity contribution in [3.8, 4) is 0 Å². The molecule has 0 aromatic heterocycles. The third kappa shape index (κ3) is 9.81. The molecule has 37 heavy (non-hydrogen) atoms. The number of sulfonamides is 1. The summed E-state index contributed by atoms with van der Waals surface area (Å²) < 4.78 is 29.9. The average Bonchev–Trinajstić information content (AvgIpc) is 2.89. The van der Waals surface area contributed by atoms with Gasteiger partial charge >= 0.3 is 27.0 Å². The molecule has 0 aliphatic carbocycles. The molecule has 0 aliphatic heterocycles. The summed E-state index contributed by atoms with van der Waals surface area (Å²) in [5, 5.41) is 0. The second-order valence-corrected chi connectivity index (χ2v) is 10.3. The van der Waals surface area contributed by atoms with Crippen molar-refractivity contribution in [3.63, 3.8) is 0 Å². The van der Waals surface area contributed by atoms with E-state index >= 15 is 0 Å². The first-order valence-electron chi connectivity index (χ1n) is 11.7. The van der Waals surface area contributed by atoms with Gasteiger partial charge in [-0.25, -0.2) is 8.42 Å². The molecule has 195 valence electrons. The molecule has 4 rings (SSSR count). The maximum absolute atomic E-state index is 12.8. The SMILES string of the molecule is Cc1[c-]c(C)cc(C)c1.Cc1ccc(S(=O)(=O)[N-][C@@H](c2ccccc2)[C@@H](N)c2ccccc2)cc1.[Cl][Ru+2]. The third-order valence-electron chi connectivity index (χ3n) is 5.52. The maximum atomic E-state index is 12.8. The van der Waals surface area contributed by atoms with E-state index in [9.17, 15) is 8.42 Å². The summed E-state index contributed by atoms with van der Waals surface area (Å²) in [6, 6.07) is 31.6. The van der Waals surface area contributed by atoms with Gasteiger partial charge in [-0.15, -0.1) is 0 Å². The van der Waals surface area contributed by atoms with E-state index in [0.29, 0.717) is 0 Å². The fourth-order valence-corrected chi connectivity index (χ4v) is 5.02. The minimum absolute atomic E-state index is 0.171. The van der Waals surface area contributed by atoms with Gasteiger partial charge in [-0.05, 0) is 24.6 Å². The van der Waals surface area contributed by atoms with Gasteiger partial charge in [-0.3, -0.25) is 0 Å². The van der Waals surface area contributed by atoms with Gasteiger partial charge < -0.3 is 10.5 Å². The van der Waals surface area contributed by atoms with Crippen LogP contribution < -0.4 is 5.73 Å². The van der Waals surface area contributed by atoms with Gasteiger partial charge in [-0.1, -0.05) is 111 Å². The van der Waals surface area contributed by atoms with E-state index in [0.717, 1.165) is 16.7 Å². The second kappa shape index (κ2) is 15.2. The van der Waals surface area contributed by atoms with Crippen molar-refractivity contribution in [3.05, 3.63) is 141 Å². The Kier molecular flexibility index (Phi) is 12.7. The molecule has 0 unspecified atom stereocenters. The molecule has 2 atom stereocenters. The van der Waals surface area contributed by atoms with E-state index in [-0.39, 0.29) is 4.90 Å². The molecular weight excluding hydrogens is 589 g/mol. The number of nitrogens with two attached hydrogens (primary N) is 1. The van der Waals surface area contributed by atoms with Crippen molar-refractivity contribution in [1.29, 1.82) is 0 Å². The van der Waals surface area contributed by atoms with Crippen molar-refractivity contribution < 1.29 is 25.7 Å². The first kappa shape index (κ1) is 30.9. The van der Waals surface area contributed by atoms with Crippen LogP contribution in [-0.4, -0.2) is 8.42 Å². The number of nitrogens with zero attached hydrogens (tertiary/aromatic N) is 1. The number of halogens is 1. The molecule has 0 spiro atoms. The van der Waals surface area contributed by atoms with Crippen LogP contribution in [0.25, 0.3) is 4.72 Å². The van der Waals surface area contributed by atoms with E-state index in [2.05, 4.69) is 53.4 Å². The summed E-state index contributed by atoms with van der Waals surface area (Å²) in [5.41, 5.74) is 12.8. The van der Waals surface area contributed by atoms with Crippen LogP contribution in [0.3, 0.4) is 0 Å². The minimum atomic E-state index is -3.83. The molecule has 4 aromatic rings. The summed E-state index contributed by atoms with van der Waals surface area (Å²) in [6.07, 6.45) is 0. The van der Waals surface area contributed by atoms with Gasteiger partial charge in [0, 0.05) is 10.9 Å². The van der Waals surface area contributed by atoms with Crippen molar-refractivity contribution in [2.24, 2.45) is 5.73 Å². The van der Waals surface area contributed by atoms with Crippen LogP contribution in [0.15, 0.2) is 102 Å². The molecule has 0 aliphatic rings. The topological polar surface area (TPSA) is 74.3 Å². The number of benzene rings is 4. The Hall–Kier alpha value is -2.34. The van der Waals surface area contributed by atoms with Crippen LogP contribution in [0, 0.1) is 33.8 Å². The Balaban J connectivity index is 0.000000367. The summed E-state index contributed by atoms with van der Waals surface area (Å²) >= 11 is 1.82. The summed E-state index contributed by atoms with van der Waals surface area (Å²) in [4.78, 5) is 0.171. The second-order valence-electron chi connectivity index (χ2n) is 8.71. The number of rotatable bonds is 6. The molecule has 0 fully saturated rings. The normalized spacial score (nSPS) is 12.3. The van der Waals surface area contributed by atoms with Crippen LogP contribution in [-0.2, 0) is 27.3 Å². The monoisotopic (exact) mass is 621 g/mol. The number of hydrogen-bond acceptors (Lipinski definition) is 3. The predicted molar refractivity (Wildman–Crippen MR) is 150 cm³/mol. The van der Waals surface area contributed by atoms with Gasteiger partial charge in [0.05, 0.1) is 0 Å². The van der Waals surface area contributed by atoms with Crippen LogP contribution in [0.4, 0.5) is 0 Å². The van der Waals surface area contributed by atoms with Crippen LogP contribution in [0.2, 0.25) is 0 Å². The molecule has 4 nitrogen and oxygen atoms in total. The standard InChI is InChI=1S/C21H21N2O2S.C9H11.ClH.Ru/c1-16-12-14-19(15-13-16)26(24,25)23-21(18-10-6-3-7-11-18)20(22)17-8-4-2-5-9-17;1-7-4-8(2)6-9(3)5-7;;/h2-15,20-21H,22H2,1H3;4-5H,1-3H3;1H;/q2*-1;;+3/p-1/t20-,21-;;;/m0.../s1. The van der Waals surface area contributed by atoms with Crippen molar-refractivity contribution >= 4 is 19.7 Å². The molecule has 2 N–H and O–H groups in total. The van der Waals surface area contributed by atoms with Crippen molar-refractivity contribution in [2.45, 2.75) is 44.7 Å². The zero-order valence-electron chi connectivity index (χ0n) is 21.4. The first-order chi connectivity index (χ1) is 17.7. The average molecular weight is 621 g/mol. The molecule has 0 amide bonds. The van der Waals surface area contributed by atoms with Crippen molar-refractivity contribution in [1.82, 2.24) is 0 Å². The van der Waals surface area contributed by atoms with Gasteiger partial charge in [0.1, 0.15) is 10.0 Å². The Labute approximate surface area is 236 Å². The Bertz CT molecular complexity index is 1280. The van der Waals surface area contributed by atoms with E-state index in [4.69, 9.17) is 5.73 Å². The van der Waals surface area contributed by atoms with E-state index in [1.54, 1.807) is 24.3 Å². The van der Waals surface area contributed by atoms with Crippen LogP contribution in [0.5, 0.6) is 0 Å². The van der Waals surface area contributed by atoms with Gasteiger partial charge in [-0.2, -0.15) is 34.9 Å². The van der Waals surface area contributed by atoms with E-state index in [1.165, 1.54) is 16.7 Å². The Morgan fingerprint density at radius 1 is 0.730 bits per heavy atom. The summed E-state index contributed by atoms with van der Waals surface area (Å²) in [5.74, 6) is 0. The Morgan fingerprint density at radius 2 is 1.19 bits per heavy atom. The third-order valence-corrected chi connectivity index (χ3v) is 6.89. The zero-order valence-corrected chi connectivity index (χ0v) is 24.7. The Morgan fingerprint density at radius 3 is 1.65 bits per heavy atom. The fourth-order valence-electron chi connectivity index (χ4n) is 3.87. The zero-order chi connectivity index (χ0) is 27.4. The first-order valence-corrected chi connectivity index (χ1v) is 15.3. The molecule has 0 radical (unpaired) electrons. The van der Waals surface area contributed by atoms with E-state index < -0.39 is 22.1 Å². The van der Waals surface area contributed by atoms with Crippen molar-refractivity contribution in [2.75, 3.05) is 0 Å². The molecule has 7 heteroatoms. The van der Waals surface area contributed by atoms with E-state index in [1.807, 2.05) is 84.9 Å². The van der Waals surface area contributed by atoms with Crippen LogP contribution in [0.1, 0.15) is 45.5 Å². The molecule has 0 heterocycles. The molecular formula is C30H32ClN2O2RuS. The van der Waals surface area contributed by atoms with Gasteiger partial charge in [0.2, 0.25) is 0 Å². The molecule has 4 aromatic carbocycles. The van der Waals surface area contributed by atoms with Gasteiger partial charge in [0.15, 0.2) is 0 Å². The fraction of sp³-hybridized carbons (Fsp3) is 0.200. The summed E-state index contributed by atoms with van der Waals surface area (Å²) in [7, 11) is 0.736. The van der Waals surface area contributed by atoms with Crippen LogP contribution >= 0.6 is 9.69 Å². The van der Waals surface area contributed by atoms with Gasteiger partial charge in [0.25, 0.3) is 0 Å². The molecule has 0 saturated heterocycles.